The molecule has 0 saturated carbocycles. The minimum absolute atomic E-state index is 0.387. The molecule has 0 aliphatic rings. The molecule has 0 aliphatic carbocycles. The van der Waals surface area contributed by atoms with E-state index in [2.05, 4.69) is 10.2 Å². The summed E-state index contributed by atoms with van der Waals surface area (Å²) in [5.74, 6) is 0.908. The Kier molecular flexibility index (Phi) is 4.32. The normalized spacial score (nSPS) is 10.7. The van der Waals surface area contributed by atoms with Crippen molar-refractivity contribution in [3.8, 4) is 11.5 Å². The molecule has 3 rings (SSSR count). The number of nitrogens with zero attached hydrogens (tertiary/aromatic N) is 3. The third-order valence-electron chi connectivity index (χ3n) is 3.20. The van der Waals surface area contributed by atoms with Gasteiger partial charge in [0.2, 0.25) is 11.8 Å². The molecule has 0 N–H and O–H groups in total. The lowest BCUT2D eigenvalue weighted by Gasteiger charge is -2.16. The first kappa shape index (κ1) is 14.9. The first-order valence-electron chi connectivity index (χ1n) is 6.67. The van der Waals surface area contributed by atoms with E-state index in [9.17, 15) is 0 Å². The van der Waals surface area contributed by atoms with Gasteiger partial charge in [0.25, 0.3) is 0 Å². The van der Waals surface area contributed by atoms with Crippen LogP contribution in [0.25, 0.3) is 11.5 Å². The second-order valence-corrected chi connectivity index (χ2v) is 5.66. The van der Waals surface area contributed by atoms with Gasteiger partial charge in [0, 0.05) is 17.8 Å². The van der Waals surface area contributed by atoms with Crippen LogP contribution in [0.15, 0.2) is 52.9 Å². The Bertz CT molecular complexity index is 774. The van der Waals surface area contributed by atoms with Crippen LogP contribution in [0.2, 0.25) is 10.0 Å². The van der Waals surface area contributed by atoms with Crippen molar-refractivity contribution in [3.05, 3.63) is 64.5 Å². The van der Waals surface area contributed by atoms with Gasteiger partial charge in [-0.15, -0.1) is 10.2 Å². The predicted octanol–water partition coefficient (Wildman–Crippen LogP) is 4.68. The van der Waals surface area contributed by atoms with E-state index in [4.69, 9.17) is 27.6 Å². The van der Waals surface area contributed by atoms with Crippen molar-refractivity contribution < 1.29 is 4.42 Å². The Morgan fingerprint density at radius 1 is 1.05 bits per heavy atom. The molecule has 0 amide bonds. The Morgan fingerprint density at radius 2 is 1.82 bits per heavy atom. The first-order valence-corrected chi connectivity index (χ1v) is 7.43. The van der Waals surface area contributed by atoms with E-state index >= 15 is 0 Å². The maximum atomic E-state index is 6.15. The number of rotatable bonds is 4. The van der Waals surface area contributed by atoms with Gasteiger partial charge >= 0.3 is 0 Å². The lowest BCUT2D eigenvalue weighted by atomic mass is 10.2. The monoisotopic (exact) mass is 333 g/mol. The fourth-order valence-electron chi connectivity index (χ4n) is 2.07. The number of hydrogen-bond acceptors (Lipinski definition) is 4. The second-order valence-electron chi connectivity index (χ2n) is 4.82. The Balaban J connectivity index is 1.79. The molecule has 112 valence electrons. The summed E-state index contributed by atoms with van der Waals surface area (Å²) < 4.78 is 5.69. The van der Waals surface area contributed by atoms with Gasteiger partial charge in [-0.3, -0.25) is 0 Å². The van der Waals surface area contributed by atoms with Crippen LogP contribution < -0.4 is 4.90 Å². The maximum Gasteiger partial charge on any atom is 0.249 e. The van der Waals surface area contributed by atoms with E-state index in [0.29, 0.717) is 33.9 Å². The van der Waals surface area contributed by atoms with Crippen LogP contribution in [0.4, 0.5) is 5.69 Å². The molecular weight excluding hydrogens is 321 g/mol. The van der Waals surface area contributed by atoms with Gasteiger partial charge in [0.05, 0.1) is 17.1 Å². The van der Waals surface area contributed by atoms with Gasteiger partial charge in [-0.1, -0.05) is 41.4 Å². The summed E-state index contributed by atoms with van der Waals surface area (Å²) in [6.07, 6.45) is 0. The quantitative estimate of drug-likeness (QED) is 0.695. The molecule has 0 saturated heterocycles. The van der Waals surface area contributed by atoms with E-state index in [0.717, 1.165) is 5.69 Å². The fraction of sp³-hybridized carbons (Fsp3) is 0.125. The van der Waals surface area contributed by atoms with Crippen LogP contribution in [0.1, 0.15) is 5.89 Å². The zero-order valence-corrected chi connectivity index (χ0v) is 13.3. The summed E-state index contributed by atoms with van der Waals surface area (Å²) >= 11 is 12.0. The molecule has 0 unspecified atom stereocenters. The summed E-state index contributed by atoms with van der Waals surface area (Å²) in [5, 5.41) is 9.18. The molecule has 3 aromatic rings. The molecule has 1 heterocycles. The molecule has 0 aliphatic heterocycles. The van der Waals surface area contributed by atoms with Crippen molar-refractivity contribution in [2.45, 2.75) is 6.54 Å². The molecule has 6 heteroatoms. The Labute approximate surface area is 138 Å². The molecule has 1 aromatic heterocycles. The van der Waals surface area contributed by atoms with Crippen LogP contribution >= 0.6 is 23.2 Å². The van der Waals surface area contributed by atoms with Crippen LogP contribution in [-0.4, -0.2) is 17.2 Å². The smallest absolute Gasteiger partial charge is 0.249 e. The Hall–Kier alpha value is -2.04. The number of para-hydroxylation sites is 1. The second kappa shape index (κ2) is 6.38. The number of hydrogen-bond donors (Lipinski definition) is 0. The van der Waals surface area contributed by atoms with Crippen molar-refractivity contribution in [2.24, 2.45) is 0 Å². The van der Waals surface area contributed by atoms with Crippen LogP contribution in [-0.2, 0) is 6.54 Å². The minimum atomic E-state index is 0.387. The molecule has 4 nitrogen and oxygen atoms in total. The summed E-state index contributed by atoms with van der Waals surface area (Å²) in [6, 6.07) is 15.1. The lowest BCUT2D eigenvalue weighted by Crippen LogP contribution is -2.16. The van der Waals surface area contributed by atoms with Crippen molar-refractivity contribution >= 4 is 28.9 Å². The highest BCUT2D eigenvalue weighted by Gasteiger charge is 2.13. The highest BCUT2D eigenvalue weighted by atomic mass is 35.5. The number of anilines is 1. The highest BCUT2D eigenvalue weighted by molar-refractivity contribution is 6.36. The topological polar surface area (TPSA) is 42.2 Å². The van der Waals surface area contributed by atoms with Crippen molar-refractivity contribution in [3.63, 3.8) is 0 Å². The fourth-order valence-corrected chi connectivity index (χ4v) is 2.56. The zero-order chi connectivity index (χ0) is 15.5. The van der Waals surface area contributed by atoms with Gasteiger partial charge < -0.3 is 9.32 Å². The molecule has 0 fully saturated rings. The van der Waals surface area contributed by atoms with Gasteiger partial charge in [-0.05, 0) is 30.3 Å². The van der Waals surface area contributed by atoms with Crippen molar-refractivity contribution in [1.82, 2.24) is 10.2 Å². The average Bonchev–Trinajstić information content (AvgIpc) is 2.96. The summed E-state index contributed by atoms with van der Waals surface area (Å²) in [4.78, 5) is 2.03. The molecule has 0 atom stereocenters. The summed E-state index contributed by atoms with van der Waals surface area (Å²) in [5.41, 5.74) is 1.75. The lowest BCUT2D eigenvalue weighted by molar-refractivity contribution is 0.503. The molecular formula is C16H13Cl2N3O. The largest absolute Gasteiger partial charge is 0.419 e. The van der Waals surface area contributed by atoms with Crippen molar-refractivity contribution in [1.29, 1.82) is 0 Å². The van der Waals surface area contributed by atoms with E-state index < -0.39 is 0 Å². The van der Waals surface area contributed by atoms with Crippen LogP contribution in [0, 0.1) is 0 Å². The van der Waals surface area contributed by atoms with Crippen LogP contribution in [0.5, 0.6) is 0 Å². The third-order valence-corrected chi connectivity index (χ3v) is 3.75. The molecule has 2 aromatic carbocycles. The van der Waals surface area contributed by atoms with E-state index in [1.165, 1.54) is 0 Å². The van der Waals surface area contributed by atoms with E-state index in [1.807, 2.05) is 42.3 Å². The summed E-state index contributed by atoms with van der Waals surface area (Å²) in [6.45, 7) is 0.516. The molecule has 22 heavy (non-hydrogen) atoms. The molecule has 0 radical (unpaired) electrons. The van der Waals surface area contributed by atoms with Gasteiger partial charge in [0.15, 0.2) is 0 Å². The third kappa shape index (κ3) is 3.24. The number of benzene rings is 2. The minimum Gasteiger partial charge on any atom is -0.419 e. The predicted molar refractivity (Wildman–Crippen MR) is 88.3 cm³/mol. The first-order chi connectivity index (χ1) is 10.6. The SMILES string of the molecule is CN(Cc1nnc(-c2ccc(Cl)cc2Cl)o1)c1ccccc1. The maximum absolute atomic E-state index is 6.15. The standard InChI is InChI=1S/C16H13Cl2N3O/c1-21(12-5-3-2-4-6-12)10-15-19-20-16(22-15)13-8-7-11(17)9-14(13)18/h2-9H,10H2,1H3. The highest BCUT2D eigenvalue weighted by Crippen LogP contribution is 2.29. The van der Waals surface area contributed by atoms with E-state index in [-0.39, 0.29) is 0 Å². The average molecular weight is 334 g/mol. The van der Waals surface area contributed by atoms with Crippen molar-refractivity contribution in [2.75, 3.05) is 11.9 Å². The van der Waals surface area contributed by atoms with Gasteiger partial charge in [-0.2, -0.15) is 0 Å². The summed E-state index contributed by atoms with van der Waals surface area (Å²) in [7, 11) is 1.97. The van der Waals surface area contributed by atoms with Gasteiger partial charge in [-0.25, -0.2) is 0 Å². The zero-order valence-electron chi connectivity index (χ0n) is 11.8. The Morgan fingerprint density at radius 3 is 2.55 bits per heavy atom. The van der Waals surface area contributed by atoms with E-state index in [1.54, 1.807) is 18.2 Å². The number of aromatic nitrogens is 2. The number of halogens is 2. The van der Waals surface area contributed by atoms with Gasteiger partial charge in [0.1, 0.15) is 0 Å². The molecule has 0 bridgehead atoms. The van der Waals surface area contributed by atoms with Crippen LogP contribution in [0.3, 0.4) is 0 Å². The molecule has 0 spiro atoms.